The van der Waals surface area contributed by atoms with Crippen molar-refractivity contribution in [1.82, 2.24) is 5.32 Å². The summed E-state index contributed by atoms with van der Waals surface area (Å²) in [5, 5.41) is 2.80. The highest BCUT2D eigenvalue weighted by Crippen LogP contribution is 2.37. The van der Waals surface area contributed by atoms with Crippen LogP contribution in [0.1, 0.15) is 37.8 Å². The Morgan fingerprint density at radius 2 is 2.05 bits per heavy atom. The minimum absolute atomic E-state index is 0.225. The first kappa shape index (κ1) is 16.1. The summed E-state index contributed by atoms with van der Waals surface area (Å²) >= 11 is 0. The van der Waals surface area contributed by atoms with Crippen LogP contribution in [-0.4, -0.2) is 19.6 Å². The lowest BCUT2D eigenvalue weighted by molar-refractivity contribution is -0.138. The maximum atomic E-state index is 13.2. The number of alkyl halides is 3. The lowest BCUT2D eigenvalue weighted by atomic mass is 10.0. The molecule has 2 rings (SSSR count). The molecule has 0 aromatic heterocycles. The van der Waals surface area contributed by atoms with Gasteiger partial charge in [-0.3, -0.25) is 0 Å². The summed E-state index contributed by atoms with van der Waals surface area (Å²) in [6.07, 6.45) is -2.21. The van der Waals surface area contributed by atoms with E-state index in [9.17, 15) is 13.2 Å². The molecule has 1 N–H and O–H groups in total. The minimum atomic E-state index is -4.31. The van der Waals surface area contributed by atoms with Crippen molar-refractivity contribution in [2.24, 2.45) is 5.92 Å². The number of hydrogen-bond acceptors (Lipinski definition) is 2. The van der Waals surface area contributed by atoms with Gasteiger partial charge in [0, 0.05) is 24.8 Å². The van der Waals surface area contributed by atoms with Crippen molar-refractivity contribution < 1.29 is 13.2 Å². The van der Waals surface area contributed by atoms with Crippen LogP contribution in [-0.2, 0) is 12.7 Å². The third-order valence-electron chi connectivity index (χ3n) is 4.17. The Morgan fingerprint density at radius 3 is 2.62 bits per heavy atom. The highest BCUT2D eigenvalue weighted by molar-refractivity contribution is 5.53. The Labute approximate surface area is 124 Å². The monoisotopic (exact) mass is 300 g/mol. The largest absolute Gasteiger partial charge is 0.416 e. The summed E-state index contributed by atoms with van der Waals surface area (Å²) in [5.41, 5.74) is 0.469. The van der Waals surface area contributed by atoms with Gasteiger partial charge in [0.1, 0.15) is 0 Å². The molecule has 1 unspecified atom stereocenters. The maximum absolute atomic E-state index is 13.2. The van der Waals surface area contributed by atoms with Gasteiger partial charge < -0.3 is 10.2 Å². The fraction of sp³-hybridized carbons (Fsp3) is 0.625. The fourth-order valence-corrected chi connectivity index (χ4v) is 3.16. The van der Waals surface area contributed by atoms with E-state index < -0.39 is 11.7 Å². The number of halogens is 3. The molecule has 1 aromatic carbocycles. The molecule has 1 fully saturated rings. The molecule has 0 spiro atoms. The summed E-state index contributed by atoms with van der Waals surface area (Å²) in [4.78, 5) is 2.13. The van der Waals surface area contributed by atoms with Crippen LogP contribution in [0.2, 0.25) is 0 Å². The van der Waals surface area contributed by atoms with Crippen LogP contribution in [0.15, 0.2) is 18.2 Å². The van der Waals surface area contributed by atoms with Crippen molar-refractivity contribution in [2.75, 3.05) is 18.5 Å². The fourth-order valence-electron chi connectivity index (χ4n) is 3.16. The van der Waals surface area contributed by atoms with Gasteiger partial charge in [-0.1, -0.05) is 19.9 Å². The van der Waals surface area contributed by atoms with Gasteiger partial charge in [0.05, 0.1) is 5.56 Å². The second-order valence-electron chi connectivity index (χ2n) is 6.02. The summed E-state index contributed by atoms with van der Waals surface area (Å²) in [6, 6.07) is 5.07. The SMILES string of the molecule is CNCc1ccc(N2CCCC2C(C)C)cc1C(F)(F)F. The van der Waals surface area contributed by atoms with Gasteiger partial charge in [-0.15, -0.1) is 0 Å². The van der Waals surface area contributed by atoms with Gasteiger partial charge in [-0.05, 0) is 43.5 Å². The third-order valence-corrected chi connectivity index (χ3v) is 4.17. The van der Waals surface area contributed by atoms with E-state index in [0.29, 0.717) is 23.2 Å². The predicted molar refractivity (Wildman–Crippen MR) is 79.4 cm³/mol. The number of anilines is 1. The number of benzene rings is 1. The summed E-state index contributed by atoms with van der Waals surface area (Å²) in [6.45, 7) is 5.32. The molecule has 118 valence electrons. The first-order chi connectivity index (χ1) is 9.84. The topological polar surface area (TPSA) is 15.3 Å². The van der Waals surface area contributed by atoms with E-state index in [1.807, 2.05) is 6.07 Å². The van der Waals surface area contributed by atoms with Gasteiger partial charge in [0.15, 0.2) is 0 Å². The number of hydrogen-bond donors (Lipinski definition) is 1. The molecular formula is C16H23F3N2. The second-order valence-corrected chi connectivity index (χ2v) is 6.02. The van der Waals surface area contributed by atoms with Gasteiger partial charge in [0.2, 0.25) is 0 Å². The number of nitrogens with zero attached hydrogens (tertiary/aromatic N) is 1. The Balaban J connectivity index is 2.37. The quantitative estimate of drug-likeness (QED) is 0.902. The average molecular weight is 300 g/mol. The van der Waals surface area contributed by atoms with Crippen LogP contribution < -0.4 is 10.2 Å². The Hall–Kier alpha value is -1.23. The zero-order valence-corrected chi connectivity index (χ0v) is 12.8. The first-order valence-corrected chi connectivity index (χ1v) is 7.46. The number of rotatable bonds is 4. The molecule has 0 aliphatic carbocycles. The van der Waals surface area contributed by atoms with Crippen molar-refractivity contribution >= 4 is 5.69 Å². The molecule has 1 heterocycles. The van der Waals surface area contributed by atoms with Crippen LogP contribution in [0, 0.1) is 5.92 Å². The van der Waals surface area contributed by atoms with Crippen LogP contribution in [0.3, 0.4) is 0 Å². The first-order valence-electron chi connectivity index (χ1n) is 7.46. The lowest BCUT2D eigenvalue weighted by Gasteiger charge is -2.30. The summed E-state index contributed by atoms with van der Waals surface area (Å²) in [7, 11) is 1.66. The zero-order chi connectivity index (χ0) is 15.6. The van der Waals surface area contributed by atoms with E-state index in [1.54, 1.807) is 13.1 Å². The Morgan fingerprint density at radius 1 is 1.33 bits per heavy atom. The predicted octanol–water partition coefficient (Wildman–Crippen LogP) is 4.05. The van der Waals surface area contributed by atoms with Crippen LogP contribution in [0.4, 0.5) is 18.9 Å². The van der Waals surface area contributed by atoms with Crippen molar-refractivity contribution in [1.29, 1.82) is 0 Å². The van der Waals surface area contributed by atoms with Crippen LogP contribution in [0.25, 0.3) is 0 Å². The molecule has 0 radical (unpaired) electrons. The lowest BCUT2D eigenvalue weighted by Crippen LogP contribution is -2.33. The molecule has 0 saturated carbocycles. The van der Waals surface area contributed by atoms with E-state index in [4.69, 9.17) is 0 Å². The molecule has 1 saturated heterocycles. The van der Waals surface area contributed by atoms with E-state index in [0.717, 1.165) is 19.4 Å². The Bertz CT molecular complexity index is 483. The Kier molecular flexibility index (Phi) is 4.81. The molecular weight excluding hydrogens is 277 g/mol. The standard InChI is InChI=1S/C16H23F3N2/c1-11(2)15-5-4-8-21(15)13-7-6-12(10-20-3)14(9-13)16(17,18)19/h6-7,9,11,15,20H,4-5,8,10H2,1-3H3. The van der Waals surface area contributed by atoms with E-state index in [1.165, 1.54) is 6.07 Å². The van der Waals surface area contributed by atoms with Crippen molar-refractivity contribution in [3.8, 4) is 0 Å². The molecule has 2 nitrogen and oxygen atoms in total. The highest BCUT2D eigenvalue weighted by Gasteiger charge is 2.35. The molecule has 1 aliphatic heterocycles. The van der Waals surface area contributed by atoms with Crippen molar-refractivity contribution in [3.05, 3.63) is 29.3 Å². The summed E-state index contributed by atoms with van der Waals surface area (Å²) in [5.74, 6) is 0.443. The molecule has 0 bridgehead atoms. The smallest absolute Gasteiger partial charge is 0.368 e. The van der Waals surface area contributed by atoms with E-state index >= 15 is 0 Å². The molecule has 5 heteroatoms. The molecule has 0 amide bonds. The van der Waals surface area contributed by atoms with Gasteiger partial charge >= 0.3 is 6.18 Å². The van der Waals surface area contributed by atoms with Gasteiger partial charge in [-0.2, -0.15) is 13.2 Å². The average Bonchev–Trinajstić information content (AvgIpc) is 2.87. The minimum Gasteiger partial charge on any atom is -0.368 e. The van der Waals surface area contributed by atoms with Crippen LogP contribution in [0.5, 0.6) is 0 Å². The molecule has 1 aromatic rings. The molecule has 1 aliphatic rings. The van der Waals surface area contributed by atoms with Crippen LogP contribution >= 0.6 is 0 Å². The maximum Gasteiger partial charge on any atom is 0.416 e. The van der Waals surface area contributed by atoms with Gasteiger partial charge in [0.25, 0.3) is 0 Å². The van der Waals surface area contributed by atoms with Crippen molar-refractivity contribution in [3.63, 3.8) is 0 Å². The van der Waals surface area contributed by atoms with Gasteiger partial charge in [-0.25, -0.2) is 0 Å². The number of nitrogens with one attached hydrogen (secondary N) is 1. The second kappa shape index (κ2) is 6.26. The molecule has 1 atom stereocenters. The normalized spacial score (nSPS) is 19.6. The molecule has 21 heavy (non-hydrogen) atoms. The zero-order valence-electron chi connectivity index (χ0n) is 12.8. The summed E-state index contributed by atoms with van der Waals surface area (Å²) < 4.78 is 39.7. The van der Waals surface area contributed by atoms with E-state index in [2.05, 4.69) is 24.1 Å². The van der Waals surface area contributed by atoms with Crippen molar-refractivity contribution in [2.45, 2.75) is 45.5 Å². The third kappa shape index (κ3) is 3.51. The van der Waals surface area contributed by atoms with E-state index in [-0.39, 0.29) is 6.54 Å². The highest BCUT2D eigenvalue weighted by atomic mass is 19.4.